The van der Waals surface area contributed by atoms with Crippen molar-refractivity contribution in [3.63, 3.8) is 0 Å². The largest absolute Gasteiger partial charge is 0.445 e. The highest BCUT2D eigenvalue weighted by atomic mass is 35.6. The van der Waals surface area contributed by atoms with Crippen LogP contribution in [0, 0.1) is 0 Å². The molecule has 2 aromatic carbocycles. The number of hydrogen-bond donors (Lipinski definition) is 2. The van der Waals surface area contributed by atoms with Gasteiger partial charge in [-0.05, 0) is 11.1 Å². The molecule has 0 saturated heterocycles. The van der Waals surface area contributed by atoms with Gasteiger partial charge in [0.1, 0.15) is 6.61 Å². The van der Waals surface area contributed by atoms with E-state index in [0.717, 1.165) is 5.56 Å². The Morgan fingerprint density at radius 1 is 0.967 bits per heavy atom. The van der Waals surface area contributed by atoms with Gasteiger partial charge in [-0.3, -0.25) is 0 Å². The Kier molecular flexibility index (Phi) is 9.68. The Morgan fingerprint density at radius 2 is 1.57 bits per heavy atom. The van der Waals surface area contributed by atoms with Crippen molar-refractivity contribution in [1.29, 1.82) is 0 Å². The number of carbonyl (C=O) groups is 2. The number of alkyl halides is 3. The first-order valence-electron chi connectivity index (χ1n) is 8.77. The zero-order valence-corrected chi connectivity index (χ0v) is 17.9. The molecule has 0 aromatic heterocycles. The van der Waals surface area contributed by atoms with Crippen molar-refractivity contribution in [2.45, 2.75) is 22.5 Å². The first kappa shape index (κ1) is 24.2. The normalized spacial score (nSPS) is 13.2. The minimum absolute atomic E-state index is 0.0274. The van der Waals surface area contributed by atoms with Gasteiger partial charge in [-0.15, -0.1) is 0 Å². The Hall–Kier alpha value is -2.03. The highest BCUT2D eigenvalue weighted by molar-refractivity contribution is 6.67. The lowest BCUT2D eigenvalue weighted by molar-refractivity contribution is -0.167. The fourth-order valence-electron chi connectivity index (χ4n) is 2.38. The van der Waals surface area contributed by atoms with Crippen molar-refractivity contribution in [2.75, 3.05) is 13.4 Å². The molecule has 0 spiro atoms. The van der Waals surface area contributed by atoms with E-state index in [4.69, 9.17) is 49.0 Å². The first-order chi connectivity index (χ1) is 14.3. The van der Waals surface area contributed by atoms with Crippen LogP contribution in [0.2, 0.25) is 0 Å². The van der Waals surface area contributed by atoms with Crippen molar-refractivity contribution in [1.82, 2.24) is 5.32 Å². The number of carbonyl (C=O) groups excluding carboxylic acids is 2. The lowest BCUT2D eigenvalue weighted by Crippen LogP contribution is -2.41. The summed E-state index contributed by atoms with van der Waals surface area (Å²) >= 11 is 16.6. The number of alkyl carbamates (subject to hydrolysis) is 1. The number of nitrogens with one attached hydrogen (secondary N) is 1. The summed E-state index contributed by atoms with van der Waals surface area (Å²) in [6, 6.07) is 16.4. The SMILES string of the molecule is O=C(NC(c1ccccc1)C(O)C(=O)OCOCC(Cl)(Cl)Cl)OCc1ccccc1. The van der Waals surface area contributed by atoms with Crippen LogP contribution >= 0.6 is 34.8 Å². The summed E-state index contributed by atoms with van der Waals surface area (Å²) in [5.74, 6) is -1.03. The molecule has 0 aliphatic heterocycles. The standard InChI is InChI=1S/C20H20Cl3NO6/c21-20(22,23)12-28-13-30-18(26)17(25)16(15-9-5-2-6-10-15)24-19(27)29-11-14-7-3-1-4-8-14/h1-10,16-17,25H,11-13H2,(H,24,27). The van der Waals surface area contributed by atoms with E-state index in [-0.39, 0.29) is 13.2 Å². The van der Waals surface area contributed by atoms with Crippen molar-refractivity contribution in [3.05, 3.63) is 71.8 Å². The molecule has 162 valence electrons. The van der Waals surface area contributed by atoms with Gasteiger partial charge in [0, 0.05) is 0 Å². The summed E-state index contributed by atoms with van der Waals surface area (Å²) < 4.78 is 13.2. The molecular formula is C20H20Cl3NO6. The van der Waals surface area contributed by atoms with Crippen molar-refractivity contribution in [3.8, 4) is 0 Å². The molecule has 0 aliphatic rings. The molecule has 0 bridgehead atoms. The third-order valence-electron chi connectivity index (χ3n) is 3.75. The highest BCUT2D eigenvalue weighted by Crippen LogP contribution is 2.26. The fraction of sp³-hybridized carbons (Fsp3) is 0.300. The van der Waals surface area contributed by atoms with Gasteiger partial charge in [0.25, 0.3) is 0 Å². The van der Waals surface area contributed by atoms with Gasteiger partial charge in [0.05, 0.1) is 12.6 Å². The van der Waals surface area contributed by atoms with Crippen LogP contribution in [0.1, 0.15) is 17.2 Å². The minimum Gasteiger partial charge on any atom is -0.445 e. The Labute approximate surface area is 188 Å². The molecule has 2 atom stereocenters. The maximum Gasteiger partial charge on any atom is 0.408 e. The number of ether oxygens (including phenoxy) is 3. The van der Waals surface area contributed by atoms with Gasteiger partial charge in [0.15, 0.2) is 12.9 Å². The predicted molar refractivity (Wildman–Crippen MR) is 112 cm³/mol. The van der Waals surface area contributed by atoms with Crippen molar-refractivity contribution >= 4 is 46.9 Å². The Morgan fingerprint density at radius 3 is 2.17 bits per heavy atom. The average molecular weight is 477 g/mol. The lowest BCUT2D eigenvalue weighted by atomic mass is 10.0. The lowest BCUT2D eigenvalue weighted by Gasteiger charge is -2.23. The van der Waals surface area contributed by atoms with E-state index >= 15 is 0 Å². The monoisotopic (exact) mass is 475 g/mol. The van der Waals surface area contributed by atoms with Crippen LogP contribution in [0.15, 0.2) is 60.7 Å². The second-order valence-electron chi connectivity index (χ2n) is 6.08. The van der Waals surface area contributed by atoms with Gasteiger partial charge >= 0.3 is 12.1 Å². The predicted octanol–water partition coefficient (Wildman–Crippen LogP) is 3.90. The topological polar surface area (TPSA) is 94.1 Å². The molecule has 7 nitrogen and oxygen atoms in total. The van der Waals surface area contributed by atoms with Gasteiger partial charge in [-0.25, -0.2) is 9.59 Å². The second-order valence-corrected chi connectivity index (χ2v) is 8.60. The van der Waals surface area contributed by atoms with Crippen LogP contribution in [-0.4, -0.2) is 40.5 Å². The number of aliphatic hydroxyl groups is 1. The van der Waals surface area contributed by atoms with E-state index in [1.165, 1.54) is 0 Å². The molecule has 30 heavy (non-hydrogen) atoms. The zero-order valence-electron chi connectivity index (χ0n) is 15.7. The van der Waals surface area contributed by atoms with E-state index in [1.807, 2.05) is 18.2 Å². The molecule has 2 rings (SSSR count). The molecule has 0 fully saturated rings. The van der Waals surface area contributed by atoms with E-state index in [9.17, 15) is 14.7 Å². The third kappa shape index (κ3) is 8.77. The second kappa shape index (κ2) is 12.0. The summed E-state index contributed by atoms with van der Waals surface area (Å²) in [6.45, 7) is -0.823. The van der Waals surface area contributed by atoms with Gasteiger partial charge in [-0.2, -0.15) is 0 Å². The van der Waals surface area contributed by atoms with Gasteiger partial charge in [-0.1, -0.05) is 95.5 Å². The Balaban J connectivity index is 1.96. The Bertz CT molecular complexity index is 801. The molecule has 0 saturated carbocycles. The zero-order chi connectivity index (χ0) is 22.0. The number of hydrogen-bond acceptors (Lipinski definition) is 6. The molecule has 1 amide bonds. The van der Waals surface area contributed by atoms with Crippen LogP contribution in [0.5, 0.6) is 0 Å². The number of amides is 1. The summed E-state index contributed by atoms with van der Waals surface area (Å²) in [5, 5.41) is 12.9. The molecule has 2 N–H and O–H groups in total. The summed E-state index contributed by atoms with van der Waals surface area (Å²) in [5.41, 5.74) is 1.26. The van der Waals surface area contributed by atoms with Crippen LogP contribution in [-0.2, 0) is 25.6 Å². The summed E-state index contributed by atoms with van der Waals surface area (Å²) in [4.78, 5) is 24.4. The molecular weight excluding hydrogens is 457 g/mol. The third-order valence-corrected chi connectivity index (χ3v) is 4.08. The molecule has 10 heteroatoms. The average Bonchev–Trinajstić information content (AvgIpc) is 2.73. The van der Waals surface area contributed by atoms with Gasteiger partial charge < -0.3 is 24.6 Å². The number of aliphatic hydroxyl groups excluding tert-OH is 1. The van der Waals surface area contributed by atoms with E-state index in [1.54, 1.807) is 42.5 Å². The first-order valence-corrected chi connectivity index (χ1v) is 9.91. The molecule has 2 unspecified atom stereocenters. The molecule has 2 aromatic rings. The number of rotatable bonds is 9. The van der Waals surface area contributed by atoms with Gasteiger partial charge in [0.2, 0.25) is 3.79 Å². The summed E-state index contributed by atoms with van der Waals surface area (Å²) in [7, 11) is 0. The fourth-order valence-corrected chi connectivity index (χ4v) is 2.61. The van der Waals surface area contributed by atoms with Crippen LogP contribution in [0.25, 0.3) is 0 Å². The van der Waals surface area contributed by atoms with E-state index < -0.39 is 34.8 Å². The number of halogens is 3. The number of esters is 1. The number of benzene rings is 2. The molecule has 0 aliphatic carbocycles. The van der Waals surface area contributed by atoms with Crippen molar-refractivity contribution in [2.24, 2.45) is 0 Å². The maximum atomic E-state index is 12.2. The summed E-state index contributed by atoms with van der Waals surface area (Å²) in [6.07, 6.45) is -2.54. The van der Waals surface area contributed by atoms with E-state index in [2.05, 4.69) is 5.32 Å². The smallest absolute Gasteiger partial charge is 0.408 e. The molecule has 0 radical (unpaired) electrons. The van der Waals surface area contributed by atoms with Crippen LogP contribution < -0.4 is 5.32 Å². The highest BCUT2D eigenvalue weighted by Gasteiger charge is 2.31. The van der Waals surface area contributed by atoms with Crippen molar-refractivity contribution < 1.29 is 28.9 Å². The van der Waals surface area contributed by atoms with Crippen LogP contribution in [0.3, 0.4) is 0 Å². The maximum absolute atomic E-state index is 12.2. The van der Waals surface area contributed by atoms with E-state index in [0.29, 0.717) is 5.56 Å². The van der Waals surface area contributed by atoms with Crippen LogP contribution in [0.4, 0.5) is 4.79 Å². The minimum atomic E-state index is -1.73. The quantitative estimate of drug-likeness (QED) is 0.247. The molecule has 0 heterocycles.